The summed E-state index contributed by atoms with van der Waals surface area (Å²) in [5, 5.41) is 7.72. The van der Waals surface area contributed by atoms with Crippen molar-refractivity contribution in [2.75, 3.05) is 4.90 Å². The van der Waals surface area contributed by atoms with E-state index in [1.54, 1.807) is 11.1 Å². The van der Waals surface area contributed by atoms with Crippen LogP contribution in [0.1, 0.15) is 43.2 Å². The summed E-state index contributed by atoms with van der Waals surface area (Å²) in [5.41, 5.74) is 12.4. The highest BCUT2D eigenvalue weighted by molar-refractivity contribution is 6.08. The van der Waals surface area contributed by atoms with Gasteiger partial charge in [-0.3, -0.25) is 0 Å². The molecule has 8 aromatic rings. The fraction of sp³-hybridized carbons (Fsp3) is 0.192. The number of rotatable bonds is 4. The van der Waals surface area contributed by atoms with E-state index in [2.05, 4.69) is 169 Å². The van der Waals surface area contributed by atoms with E-state index < -0.39 is 0 Å². The summed E-state index contributed by atoms with van der Waals surface area (Å²) in [6.45, 7) is 0. The largest absolute Gasteiger partial charge is 0.310 e. The normalized spacial score (nSPS) is 23.5. The van der Waals surface area contributed by atoms with Gasteiger partial charge >= 0.3 is 0 Å². The molecule has 0 radical (unpaired) electrons. The van der Waals surface area contributed by atoms with Gasteiger partial charge in [0.25, 0.3) is 0 Å². The third-order valence-corrected chi connectivity index (χ3v) is 14.0. The first kappa shape index (κ1) is 29.9. The van der Waals surface area contributed by atoms with Crippen LogP contribution in [-0.4, -0.2) is 0 Å². The summed E-state index contributed by atoms with van der Waals surface area (Å²) in [5.74, 6) is 3.34. The molecule has 8 aromatic carbocycles. The van der Waals surface area contributed by atoms with Crippen molar-refractivity contribution >= 4 is 49.4 Å². The zero-order valence-corrected chi connectivity index (χ0v) is 29.9. The van der Waals surface area contributed by atoms with Crippen molar-refractivity contribution in [2.24, 2.45) is 23.7 Å². The topological polar surface area (TPSA) is 3.24 Å². The van der Waals surface area contributed by atoms with Gasteiger partial charge in [0.2, 0.25) is 0 Å². The molecule has 53 heavy (non-hydrogen) atoms. The van der Waals surface area contributed by atoms with E-state index in [4.69, 9.17) is 0 Å². The quantitative estimate of drug-likeness (QED) is 0.167. The van der Waals surface area contributed by atoms with E-state index in [0.717, 1.165) is 23.7 Å². The molecule has 1 nitrogen and oxygen atoms in total. The molecule has 0 atom stereocenters. The fourth-order valence-corrected chi connectivity index (χ4v) is 12.1. The summed E-state index contributed by atoms with van der Waals surface area (Å²) < 4.78 is 0. The molecule has 0 heterocycles. The number of fused-ring (bicyclic) bond motifs is 7. The Hall–Kier alpha value is -5.66. The van der Waals surface area contributed by atoms with Crippen LogP contribution in [-0.2, 0) is 5.41 Å². The van der Waals surface area contributed by atoms with E-state index in [-0.39, 0.29) is 5.41 Å². The maximum absolute atomic E-state index is 2.55. The number of nitrogens with zero attached hydrogens (tertiary/aromatic N) is 1. The maximum atomic E-state index is 2.55. The molecule has 0 aliphatic heterocycles. The average molecular weight is 680 g/mol. The second-order valence-electron chi connectivity index (χ2n) is 16.6. The van der Waals surface area contributed by atoms with Crippen LogP contribution >= 0.6 is 0 Å². The van der Waals surface area contributed by atoms with E-state index in [1.807, 2.05) is 0 Å². The highest BCUT2D eigenvalue weighted by atomic mass is 15.1. The van der Waals surface area contributed by atoms with Crippen molar-refractivity contribution in [3.63, 3.8) is 0 Å². The Morgan fingerprint density at radius 2 is 1.04 bits per heavy atom. The lowest BCUT2D eigenvalue weighted by Gasteiger charge is -2.61. The van der Waals surface area contributed by atoms with Crippen LogP contribution in [0.4, 0.5) is 17.1 Å². The second-order valence-corrected chi connectivity index (χ2v) is 16.6. The predicted molar refractivity (Wildman–Crippen MR) is 222 cm³/mol. The Kier molecular flexibility index (Phi) is 6.30. The van der Waals surface area contributed by atoms with Gasteiger partial charge in [-0.1, -0.05) is 127 Å². The molecule has 5 aliphatic rings. The minimum Gasteiger partial charge on any atom is -0.310 e. The monoisotopic (exact) mass is 679 g/mol. The van der Waals surface area contributed by atoms with Crippen LogP contribution < -0.4 is 4.90 Å². The van der Waals surface area contributed by atoms with Crippen molar-refractivity contribution in [2.45, 2.75) is 37.5 Å². The third-order valence-electron chi connectivity index (χ3n) is 14.0. The van der Waals surface area contributed by atoms with Crippen LogP contribution in [0.3, 0.4) is 0 Å². The van der Waals surface area contributed by atoms with E-state index in [0.29, 0.717) is 0 Å². The van der Waals surface area contributed by atoms with Crippen molar-refractivity contribution < 1.29 is 0 Å². The molecule has 0 amide bonds. The first-order valence-electron chi connectivity index (χ1n) is 19.8. The lowest BCUT2D eigenvalue weighted by Crippen LogP contribution is -2.55. The van der Waals surface area contributed by atoms with Gasteiger partial charge < -0.3 is 4.90 Å². The molecule has 1 spiro atoms. The smallest absolute Gasteiger partial charge is 0.0543 e. The molecule has 13 rings (SSSR count). The number of anilines is 3. The summed E-state index contributed by atoms with van der Waals surface area (Å²) in [4.78, 5) is 2.55. The summed E-state index contributed by atoms with van der Waals surface area (Å²) >= 11 is 0. The predicted octanol–water partition coefficient (Wildman–Crippen LogP) is 14.0. The molecule has 0 unspecified atom stereocenters. The SMILES string of the molecule is c1ccc2c(c1)-c1c(N(c3ccc(-c4ccc5c(ccc6ccccc65)c4)cc3)c3ccc4ccccc4c3)cccc1C21C2CC3CC(C2)CC1C3. The molecule has 4 fully saturated rings. The minimum atomic E-state index is 0.135. The van der Waals surface area contributed by atoms with Gasteiger partial charge in [-0.05, 0) is 152 Å². The van der Waals surface area contributed by atoms with Crippen LogP contribution in [0.25, 0.3) is 54.6 Å². The van der Waals surface area contributed by atoms with Gasteiger partial charge in [0.1, 0.15) is 0 Å². The Balaban J connectivity index is 1.03. The fourth-order valence-electron chi connectivity index (χ4n) is 12.1. The molecule has 4 bridgehead atoms. The van der Waals surface area contributed by atoms with Gasteiger partial charge in [0.05, 0.1) is 5.69 Å². The Labute approximate surface area is 311 Å². The molecular weight excluding hydrogens is 639 g/mol. The van der Waals surface area contributed by atoms with Gasteiger partial charge in [-0.25, -0.2) is 0 Å². The maximum Gasteiger partial charge on any atom is 0.0543 e. The van der Waals surface area contributed by atoms with Crippen molar-refractivity contribution in [3.05, 3.63) is 175 Å². The van der Waals surface area contributed by atoms with Gasteiger partial charge in [-0.2, -0.15) is 0 Å². The highest BCUT2D eigenvalue weighted by Crippen LogP contribution is 2.70. The summed E-state index contributed by atoms with van der Waals surface area (Å²) in [6.07, 6.45) is 7.05. The molecular formula is C52H41N. The number of hydrogen-bond donors (Lipinski definition) is 0. The molecule has 0 aromatic heterocycles. The van der Waals surface area contributed by atoms with Crippen LogP contribution in [0, 0.1) is 23.7 Å². The Morgan fingerprint density at radius 3 is 1.87 bits per heavy atom. The van der Waals surface area contributed by atoms with Crippen LogP contribution in [0.15, 0.2) is 164 Å². The van der Waals surface area contributed by atoms with Gasteiger partial charge in [0.15, 0.2) is 0 Å². The lowest BCUT2D eigenvalue weighted by atomic mass is 9.43. The zero-order chi connectivity index (χ0) is 34.7. The first-order valence-corrected chi connectivity index (χ1v) is 19.8. The molecule has 1 heteroatoms. The third kappa shape index (κ3) is 4.25. The molecule has 4 saturated carbocycles. The number of hydrogen-bond acceptors (Lipinski definition) is 1. The minimum absolute atomic E-state index is 0.135. The average Bonchev–Trinajstić information content (AvgIpc) is 3.51. The highest BCUT2D eigenvalue weighted by Gasteiger charge is 2.61. The Bertz CT molecular complexity index is 2730. The van der Waals surface area contributed by atoms with Crippen LogP contribution in [0.2, 0.25) is 0 Å². The van der Waals surface area contributed by atoms with Crippen molar-refractivity contribution in [1.29, 1.82) is 0 Å². The molecule has 0 saturated heterocycles. The number of benzene rings is 8. The molecule has 5 aliphatic carbocycles. The van der Waals surface area contributed by atoms with Crippen LogP contribution in [0.5, 0.6) is 0 Å². The molecule has 0 N–H and O–H groups in total. The van der Waals surface area contributed by atoms with Gasteiger partial charge in [-0.15, -0.1) is 0 Å². The summed E-state index contributed by atoms with van der Waals surface area (Å²) in [6, 6.07) is 62.0. The van der Waals surface area contributed by atoms with E-state index in [9.17, 15) is 0 Å². The Morgan fingerprint density at radius 1 is 0.415 bits per heavy atom. The van der Waals surface area contributed by atoms with E-state index in [1.165, 1.54) is 104 Å². The standard InChI is InChI=1S/C52H41N/c1-2-10-38-32-44(24-20-35(38)8-1)53(43-22-18-36(19-23-43)39-21-25-46-40(31-39)17-16-37-9-3-4-11-45(37)46)50-15-7-14-49-51(50)47-12-5-6-13-48(47)52(49)41-27-33-26-34(29-41)30-42(52)28-33/h1-25,31-34,41-42H,26-30H2. The van der Waals surface area contributed by atoms with Gasteiger partial charge in [0, 0.05) is 22.4 Å². The van der Waals surface area contributed by atoms with E-state index >= 15 is 0 Å². The zero-order valence-electron chi connectivity index (χ0n) is 29.9. The first-order chi connectivity index (χ1) is 26.2. The van der Waals surface area contributed by atoms with Crippen molar-refractivity contribution in [3.8, 4) is 22.3 Å². The molecule has 254 valence electrons. The summed E-state index contributed by atoms with van der Waals surface area (Å²) in [7, 11) is 0. The van der Waals surface area contributed by atoms with Crippen molar-refractivity contribution in [1.82, 2.24) is 0 Å². The lowest BCUT2D eigenvalue weighted by molar-refractivity contribution is -0.0399. The second kappa shape index (κ2) is 11.2.